The third-order valence-corrected chi connectivity index (χ3v) is 3.84. The third-order valence-electron chi connectivity index (χ3n) is 3.84. The van der Waals surface area contributed by atoms with Gasteiger partial charge in [-0.15, -0.1) is 0 Å². The summed E-state index contributed by atoms with van der Waals surface area (Å²) in [6.07, 6.45) is 3.03. The molecule has 1 aromatic heterocycles. The summed E-state index contributed by atoms with van der Waals surface area (Å²) in [5, 5.41) is 2.99. The fourth-order valence-corrected chi connectivity index (χ4v) is 2.74. The van der Waals surface area contributed by atoms with Gasteiger partial charge in [0.05, 0.1) is 6.20 Å². The van der Waals surface area contributed by atoms with E-state index in [0.29, 0.717) is 0 Å². The van der Waals surface area contributed by atoms with Crippen LogP contribution in [-0.2, 0) is 0 Å². The van der Waals surface area contributed by atoms with Gasteiger partial charge in [-0.2, -0.15) is 0 Å². The lowest BCUT2D eigenvalue weighted by Crippen LogP contribution is -2.48. The van der Waals surface area contributed by atoms with Crippen molar-refractivity contribution in [2.45, 2.75) is 18.9 Å². The first kappa shape index (κ1) is 14.5. The Morgan fingerprint density at radius 2 is 2.05 bits per heavy atom. The van der Waals surface area contributed by atoms with Gasteiger partial charge < -0.3 is 10.2 Å². The number of aromatic nitrogens is 1. The van der Waals surface area contributed by atoms with E-state index in [4.69, 9.17) is 0 Å². The molecule has 1 N–H and O–H groups in total. The van der Waals surface area contributed by atoms with Crippen LogP contribution in [0.15, 0.2) is 48.7 Å². The highest BCUT2D eigenvalue weighted by Gasteiger charge is 2.22. The highest BCUT2D eigenvalue weighted by Crippen LogP contribution is 2.19. The van der Waals surface area contributed by atoms with E-state index in [9.17, 15) is 9.18 Å². The molecule has 3 rings (SSSR count). The molecule has 0 spiro atoms. The van der Waals surface area contributed by atoms with Crippen molar-refractivity contribution in [1.29, 1.82) is 0 Å². The summed E-state index contributed by atoms with van der Waals surface area (Å²) in [6.45, 7) is 1.77. The number of hydrogen-bond acceptors (Lipinski definition) is 3. The predicted octanol–water partition coefficient (Wildman–Crippen LogP) is 2.62. The molecule has 4 nitrogen and oxygen atoms in total. The Hall–Kier alpha value is -2.43. The number of amides is 1. The summed E-state index contributed by atoms with van der Waals surface area (Å²) < 4.78 is 12.8. The molecule has 114 valence electrons. The van der Waals surface area contributed by atoms with E-state index in [1.54, 1.807) is 0 Å². The number of hydrogen-bond donors (Lipinski definition) is 1. The Balaban J connectivity index is 1.63. The van der Waals surface area contributed by atoms with Crippen LogP contribution in [0.25, 0.3) is 0 Å². The number of nitrogens with zero attached hydrogens (tertiary/aromatic N) is 2. The first-order valence-electron chi connectivity index (χ1n) is 7.45. The molecule has 2 aromatic rings. The van der Waals surface area contributed by atoms with Crippen molar-refractivity contribution in [1.82, 2.24) is 10.3 Å². The fourth-order valence-electron chi connectivity index (χ4n) is 2.74. The molecular weight excluding hydrogens is 281 g/mol. The van der Waals surface area contributed by atoms with E-state index in [-0.39, 0.29) is 17.6 Å². The minimum absolute atomic E-state index is 0.0771. The number of para-hydroxylation sites is 1. The van der Waals surface area contributed by atoms with Crippen molar-refractivity contribution in [3.8, 4) is 0 Å². The van der Waals surface area contributed by atoms with Crippen LogP contribution >= 0.6 is 0 Å². The van der Waals surface area contributed by atoms with Crippen molar-refractivity contribution in [2.75, 3.05) is 18.0 Å². The number of carbonyl (C=O) groups is 1. The molecule has 1 amide bonds. The first-order valence-corrected chi connectivity index (χ1v) is 7.45. The maximum Gasteiger partial charge on any atom is 0.270 e. The lowest BCUT2D eigenvalue weighted by atomic mass is 10.0. The van der Waals surface area contributed by atoms with E-state index >= 15 is 0 Å². The zero-order chi connectivity index (χ0) is 15.4. The Kier molecular flexibility index (Phi) is 4.32. The molecule has 0 aliphatic carbocycles. The molecule has 0 saturated carbocycles. The molecule has 5 heteroatoms. The summed E-state index contributed by atoms with van der Waals surface area (Å²) in [5.41, 5.74) is 1.42. The second-order valence-electron chi connectivity index (χ2n) is 5.46. The minimum Gasteiger partial charge on any atom is -0.369 e. The standard InChI is InChI=1S/C17H18FN3O/c18-13-8-9-16(19-11-13)17(22)20-14-5-4-10-21(12-14)15-6-2-1-3-7-15/h1-3,6-9,11,14H,4-5,10,12H2,(H,20,22). The highest BCUT2D eigenvalue weighted by atomic mass is 19.1. The number of carbonyl (C=O) groups excluding carboxylic acids is 1. The summed E-state index contributed by atoms with van der Waals surface area (Å²) in [5.74, 6) is -0.690. The van der Waals surface area contributed by atoms with Crippen LogP contribution in [0, 0.1) is 5.82 Å². The lowest BCUT2D eigenvalue weighted by Gasteiger charge is -2.34. The molecule has 1 aliphatic rings. The largest absolute Gasteiger partial charge is 0.369 e. The number of benzene rings is 1. The SMILES string of the molecule is O=C(NC1CCCN(c2ccccc2)C1)c1ccc(F)cn1. The van der Waals surface area contributed by atoms with Gasteiger partial charge in [0.2, 0.25) is 0 Å². The van der Waals surface area contributed by atoms with Crippen LogP contribution in [0.4, 0.5) is 10.1 Å². The highest BCUT2D eigenvalue weighted by molar-refractivity contribution is 5.92. The van der Waals surface area contributed by atoms with Gasteiger partial charge in [0.25, 0.3) is 5.91 Å². The number of rotatable bonds is 3. The fraction of sp³-hybridized carbons (Fsp3) is 0.294. The Bertz CT molecular complexity index is 630. The topological polar surface area (TPSA) is 45.2 Å². The van der Waals surface area contributed by atoms with Gasteiger partial charge in [0, 0.05) is 24.8 Å². The van der Waals surface area contributed by atoms with Crippen LogP contribution in [0.3, 0.4) is 0 Å². The zero-order valence-electron chi connectivity index (χ0n) is 12.2. The molecule has 1 saturated heterocycles. The number of nitrogens with one attached hydrogen (secondary N) is 1. The molecule has 2 heterocycles. The van der Waals surface area contributed by atoms with Gasteiger partial charge in [0.15, 0.2) is 0 Å². The first-order chi connectivity index (χ1) is 10.7. The van der Waals surface area contributed by atoms with Crippen molar-refractivity contribution >= 4 is 11.6 Å². The average molecular weight is 299 g/mol. The quantitative estimate of drug-likeness (QED) is 0.947. The smallest absolute Gasteiger partial charge is 0.270 e. The number of pyridine rings is 1. The maximum atomic E-state index is 12.8. The minimum atomic E-state index is -0.440. The van der Waals surface area contributed by atoms with Crippen LogP contribution in [0.5, 0.6) is 0 Å². The number of piperidine rings is 1. The van der Waals surface area contributed by atoms with E-state index < -0.39 is 5.82 Å². The second-order valence-corrected chi connectivity index (χ2v) is 5.46. The molecule has 1 unspecified atom stereocenters. The molecule has 1 aromatic carbocycles. The van der Waals surface area contributed by atoms with E-state index in [0.717, 1.165) is 32.1 Å². The van der Waals surface area contributed by atoms with Crippen molar-refractivity contribution in [3.05, 3.63) is 60.2 Å². The number of anilines is 1. The summed E-state index contributed by atoms with van der Waals surface area (Å²) in [7, 11) is 0. The zero-order valence-corrected chi connectivity index (χ0v) is 12.2. The van der Waals surface area contributed by atoms with Gasteiger partial charge in [0.1, 0.15) is 11.5 Å². The van der Waals surface area contributed by atoms with E-state index in [1.807, 2.05) is 18.2 Å². The van der Waals surface area contributed by atoms with Crippen molar-refractivity contribution in [2.24, 2.45) is 0 Å². The maximum absolute atomic E-state index is 12.8. The van der Waals surface area contributed by atoms with E-state index in [2.05, 4.69) is 27.3 Å². The van der Waals surface area contributed by atoms with E-state index in [1.165, 1.54) is 17.8 Å². The monoisotopic (exact) mass is 299 g/mol. The molecular formula is C17H18FN3O. The van der Waals surface area contributed by atoms with Crippen molar-refractivity contribution in [3.63, 3.8) is 0 Å². The van der Waals surface area contributed by atoms with Crippen LogP contribution in [-0.4, -0.2) is 30.0 Å². The molecule has 1 fully saturated rings. The molecule has 1 atom stereocenters. The van der Waals surface area contributed by atoms with Gasteiger partial charge >= 0.3 is 0 Å². The molecule has 1 aliphatic heterocycles. The molecule has 0 radical (unpaired) electrons. The van der Waals surface area contributed by atoms with Crippen LogP contribution in [0.2, 0.25) is 0 Å². The second kappa shape index (κ2) is 6.56. The van der Waals surface area contributed by atoms with Crippen molar-refractivity contribution < 1.29 is 9.18 Å². The summed E-state index contributed by atoms with van der Waals surface area (Å²) in [4.78, 5) is 18.2. The van der Waals surface area contributed by atoms with Gasteiger partial charge in [-0.3, -0.25) is 4.79 Å². The molecule has 22 heavy (non-hydrogen) atoms. The Labute approximate surface area is 129 Å². The Morgan fingerprint density at radius 1 is 1.23 bits per heavy atom. The van der Waals surface area contributed by atoms with Gasteiger partial charge in [-0.05, 0) is 37.1 Å². The summed E-state index contributed by atoms with van der Waals surface area (Å²) >= 11 is 0. The molecule has 0 bridgehead atoms. The predicted molar refractivity (Wildman–Crippen MR) is 83.3 cm³/mol. The van der Waals surface area contributed by atoms with Gasteiger partial charge in [-0.25, -0.2) is 9.37 Å². The third kappa shape index (κ3) is 3.42. The van der Waals surface area contributed by atoms with Crippen LogP contribution in [0.1, 0.15) is 23.3 Å². The number of halogens is 1. The average Bonchev–Trinajstić information content (AvgIpc) is 2.56. The normalized spacial score (nSPS) is 18.0. The lowest BCUT2D eigenvalue weighted by molar-refractivity contribution is 0.0928. The Morgan fingerprint density at radius 3 is 2.77 bits per heavy atom. The summed E-state index contributed by atoms with van der Waals surface area (Å²) in [6, 6.07) is 12.9. The van der Waals surface area contributed by atoms with Gasteiger partial charge in [-0.1, -0.05) is 18.2 Å². The van der Waals surface area contributed by atoms with Crippen LogP contribution < -0.4 is 10.2 Å².